The smallest absolute Gasteiger partial charge is 0.261 e. The van der Waals surface area contributed by atoms with Gasteiger partial charge in [0.05, 0.1) is 17.6 Å². The number of hydrogen-bond donors (Lipinski definition) is 1. The minimum Gasteiger partial charge on any atom is -0.403 e. The van der Waals surface area contributed by atoms with Crippen molar-refractivity contribution in [2.75, 3.05) is 0 Å². The summed E-state index contributed by atoms with van der Waals surface area (Å²) in [7, 11) is -2.78. The molecule has 31 heavy (non-hydrogen) atoms. The second-order valence-electron chi connectivity index (χ2n) is 9.86. The van der Waals surface area contributed by atoms with Crippen LogP contribution >= 0.6 is 0 Å². The van der Waals surface area contributed by atoms with Crippen molar-refractivity contribution < 1.29 is 14.3 Å². The van der Waals surface area contributed by atoms with Gasteiger partial charge in [0.25, 0.3) is 8.32 Å². The fourth-order valence-electron chi connectivity index (χ4n) is 5.19. The first-order valence-corrected chi connectivity index (χ1v) is 13.2. The zero-order valence-electron chi connectivity index (χ0n) is 19.4. The van der Waals surface area contributed by atoms with Gasteiger partial charge in [-0.3, -0.25) is 0 Å². The van der Waals surface area contributed by atoms with E-state index < -0.39 is 19.8 Å². The molecule has 0 saturated heterocycles. The van der Waals surface area contributed by atoms with E-state index in [1.807, 2.05) is 18.2 Å². The largest absolute Gasteiger partial charge is 0.403 e. The number of carbonyl (C=O) groups is 1. The highest BCUT2D eigenvalue weighted by molar-refractivity contribution is 6.99. The van der Waals surface area contributed by atoms with E-state index in [0.29, 0.717) is 12.8 Å². The molecule has 1 aliphatic rings. The Morgan fingerprint density at radius 3 is 2.00 bits per heavy atom. The van der Waals surface area contributed by atoms with Crippen LogP contribution in [0.4, 0.5) is 0 Å². The molecule has 0 heterocycles. The van der Waals surface area contributed by atoms with Gasteiger partial charge in [-0.2, -0.15) is 0 Å². The van der Waals surface area contributed by atoms with E-state index in [2.05, 4.69) is 83.1 Å². The van der Waals surface area contributed by atoms with Crippen LogP contribution < -0.4 is 10.4 Å². The van der Waals surface area contributed by atoms with Gasteiger partial charge in [0.2, 0.25) is 0 Å². The lowest BCUT2D eigenvalue weighted by atomic mass is 9.67. The number of hydrogen-bond acceptors (Lipinski definition) is 3. The molecule has 1 aliphatic carbocycles. The second kappa shape index (κ2) is 9.23. The van der Waals surface area contributed by atoms with Crippen molar-refractivity contribution in [1.29, 1.82) is 0 Å². The highest BCUT2D eigenvalue weighted by atomic mass is 28.4. The van der Waals surface area contributed by atoms with Crippen LogP contribution in [0.2, 0.25) is 5.04 Å². The Labute approximate surface area is 188 Å². The van der Waals surface area contributed by atoms with Crippen LogP contribution in [0, 0.1) is 11.3 Å². The first-order valence-electron chi connectivity index (χ1n) is 11.3. The monoisotopic (exact) mass is 436 g/mol. The topological polar surface area (TPSA) is 46.5 Å². The van der Waals surface area contributed by atoms with Gasteiger partial charge in [-0.25, -0.2) is 0 Å². The molecule has 3 nitrogen and oxygen atoms in total. The molecule has 1 N–H and O–H groups in total. The summed E-state index contributed by atoms with van der Waals surface area (Å²) in [6.45, 7) is 10.9. The summed E-state index contributed by atoms with van der Waals surface area (Å²) in [6.07, 6.45) is 5.23. The molecular weight excluding hydrogens is 400 g/mol. The molecule has 2 aromatic carbocycles. The van der Waals surface area contributed by atoms with E-state index in [-0.39, 0.29) is 17.1 Å². The van der Waals surface area contributed by atoms with Gasteiger partial charge >= 0.3 is 0 Å². The van der Waals surface area contributed by atoms with Crippen molar-refractivity contribution in [3.05, 3.63) is 72.8 Å². The zero-order valence-corrected chi connectivity index (χ0v) is 20.4. The third kappa shape index (κ3) is 4.21. The maximum Gasteiger partial charge on any atom is 0.261 e. The van der Waals surface area contributed by atoms with Crippen molar-refractivity contribution in [3.63, 3.8) is 0 Å². The van der Waals surface area contributed by atoms with Gasteiger partial charge in [-0.05, 0) is 34.2 Å². The SMILES string of the molecule is CCC(O[Si](c1ccccc1)(c1ccccc1)C(C)(C)C)C1(C=O)C=CC(O)CC1C. The normalized spacial score (nSPS) is 25.2. The second-order valence-corrected chi connectivity index (χ2v) is 14.1. The van der Waals surface area contributed by atoms with Crippen molar-refractivity contribution in [1.82, 2.24) is 0 Å². The maximum atomic E-state index is 12.6. The van der Waals surface area contributed by atoms with Gasteiger partial charge < -0.3 is 14.3 Å². The van der Waals surface area contributed by atoms with Gasteiger partial charge in [0, 0.05) is 0 Å². The Morgan fingerprint density at radius 2 is 1.61 bits per heavy atom. The van der Waals surface area contributed by atoms with Crippen LogP contribution in [0.15, 0.2) is 72.8 Å². The number of rotatable bonds is 7. The lowest BCUT2D eigenvalue weighted by Crippen LogP contribution is -2.69. The summed E-state index contributed by atoms with van der Waals surface area (Å²) in [4.78, 5) is 12.6. The summed E-state index contributed by atoms with van der Waals surface area (Å²) >= 11 is 0. The molecule has 0 saturated carbocycles. The Bertz CT molecular complexity index is 848. The van der Waals surface area contributed by atoms with Gasteiger partial charge in [-0.15, -0.1) is 0 Å². The molecule has 3 rings (SSSR count). The molecule has 166 valence electrons. The Morgan fingerprint density at radius 1 is 1.10 bits per heavy atom. The molecule has 0 aliphatic heterocycles. The fraction of sp³-hybridized carbons (Fsp3) is 0.444. The first kappa shape index (κ1) is 23.6. The third-order valence-corrected chi connectivity index (χ3v) is 12.0. The average molecular weight is 437 g/mol. The van der Waals surface area contributed by atoms with Crippen LogP contribution in [0.25, 0.3) is 0 Å². The van der Waals surface area contributed by atoms with Crippen molar-refractivity contribution in [3.8, 4) is 0 Å². The molecule has 0 fully saturated rings. The predicted molar refractivity (Wildman–Crippen MR) is 130 cm³/mol. The molecule has 0 aromatic heterocycles. The third-order valence-electron chi connectivity index (χ3n) is 6.92. The Kier molecular flexibility index (Phi) is 7.04. The van der Waals surface area contributed by atoms with Crippen molar-refractivity contribution in [2.24, 2.45) is 11.3 Å². The molecular formula is C27H36O3Si. The van der Waals surface area contributed by atoms with Crippen molar-refractivity contribution >= 4 is 25.0 Å². The van der Waals surface area contributed by atoms with Crippen LogP contribution in [-0.4, -0.2) is 31.9 Å². The summed E-state index contributed by atoms with van der Waals surface area (Å²) in [5.41, 5.74) is -0.749. The lowest BCUT2D eigenvalue weighted by Gasteiger charge is -2.50. The standard InChI is InChI=1S/C27H36O3Si/c1-6-25(27(20-28)18-17-22(29)19-21(27)2)30-31(26(3,4)5,23-13-9-7-10-14-23)24-15-11-8-12-16-24/h7-18,20-22,25,29H,6,19H2,1-5H3. The predicted octanol–water partition coefficient (Wildman–Crippen LogP) is 4.48. The molecule has 0 amide bonds. The van der Waals surface area contributed by atoms with Crippen LogP contribution in [0.3, 0.4) is 0 Å². The lowest BCUT2D eigenvalue weighted by molar-refractivity contribution is -0.123. The van der Waals surface area contributed by atoms with E-state index in [0.717, 1.165) is 6.29 Å². The zero-order chi connectivity index (χ0) is 22.7. The number of benzene rings is 2. The first-order chi connectivity index (χ1) is 14.7. The average Bonchev–Trinajstić information content (AvgIpc) is 2.76. The number of carbonyl (C=O) groups excluding carboxylic acids is 1. The molecule has 4 unspecified atom stereocenters. The maximum absolute atomic E-state index is 12.6. The summed E-state index contributed by atoms with van der Waals surface area (Å²) in [6, 6.07) is 21.1. The van der Waals surface area contributed by atoms with Crippen LogP contribution in [0.5, 0.6) is 0 Å². The van der Waals surface area contributed by atoms with Crippen LogP contribution in [-0.2, 0) is 9.22 Å². The van der Waals surface area contributed by atoms with Gasteiger partial charge in [0.15, 0.2) is 0 Å². The van der Waals surface area contributed by atoms with Crippen molar-refractivity contribution in [2.45, 2.75) is 64.7 Å². The molecule has 0 bridgehead atoms. The highest BCUT2D eigenvalue weighted by Crippen LogP contribution is 2.45. The van der Waals surface area contributed by atoms with Gasteiger partial charge in [-0.1, -0.05) is 107 Å². The van der Waals surface area contributed by atoms with E-state index in [1.54, 1.807) is 6.08 Å². The summed E-state index contributed by atoms with van der Waals surface area (Å²) < 4.78 is 7.34. The molecule has 0 spiro atoms. The number of aliphatic hydroxyl groups is 1. The summed E-state index contributed by atoms with van der Waals surface area (Å²) in [5.74, 6) is -0.00633. The van der Waals surface area contributed by atoms with Crippen LogP contribution in [0.1, 0.15) is 47.5 Å². The highest BCUT2D eigenvalue weighted by Gasteiger charge is 2.55. The number of aldehydes is 1. The van der Waals surface area contributed by atoms with E-state index in [4.69, 9.17) is 4.43 Å². The molecule has 4 heteroatoms. The summed E-state index contributed by atoms with van der Waals surface area (Å²) in [5, 5.41) is 12.4. The Balaban J connectivity index is 2.23. The molecule has 0 radical (unpaired) electrons. The fourth-order valence-corrected chi connectivity index (χ4v) is 10.00. The van der Waals surface area contributed by atoms with Gasteiger partial charge in [0.1, 0.15) is 6.29 Å². The quantitative estimate of drug-likeness (QED) is 0.395. The van der Waals surface area contributed by atoms with E-state index >= 15 is 0 Å². The molecule has 4 atom stereocenters. The Hall–Kier alpha value is -2.01. The van der Waals surface area contributed by atoms with E-state index in [1.165, 1.54) is 10.4 Å². The number of aliphatic hydroxyl groups excluding tert-OH is 1. The molecule has 2 aromatic rings. The minimum absolute atomic E-state index is 0.00633. The minimum atomic E-state index is -2.78. The van der Waals surface area contributed by atoms with E-state index in [9.17, 15) is 9.90 Å².